The van der Waals surface area contributed by atoms with Crippen LogP contribution in [0.5, 0.6) is 11.5 Å². The highest BCUT2D eigenvalue weighted by Crippen LogP contribution is 2.36. The fourth-order valence-corrected chi connectivity index (χ4v) is 1.86. The smallest absolute Gasteiger partial charge is 0.247 e. The van der Waals surface area contributed by atoms with Gasteiger partial charge in [-0.2, -0.15) is 10.5 Å². The minimum Gasteiger partial charge on any atom is -0.449 e. The molecule has 0 atom stereocenters. The van der Waals surface area contributed by atoms with Crippen molar-refractivity contribution in [3.63, 3.8) is 0 Å². The molecule has 5 heteroatoms. The summed E-state index contributed by atoms with van der Waals surface area (Å²) in [6.45, 7) is 0. The van der Waals surface area contributed by atoms with E-state index >= 15 is 0 Å². The van der Waals surface area contributed by atoms with Gasteiger partial charge < -0.3 is 9.15 Å². The Bertz CT molecular complexity index is 869. The number of fused-ring (bicyclic) bond motifs is 1. The van der Waals surface area contributed by atoms with Crippen molar-refractivity contribution in [3.05, 3.63) is 54.0 Å². The summed E-state index contributed by atoms with van der Waals surface area (Å²) in [4.78, 5) is 3.92. The standard InChI is InChI=1S/C15H7N3O2/c16-7-10-5-6-18-9-14(10)20-15-11-3-1-2-4-12(11)19-13(15)8-17/h1-6,9H. The van der Waals surface area contributed by atoms with Crippen molar-refractivity contribution in [1.29, 1.82) is 10.5 Å². The molecule has 2 heterocycles. The lowest BCUT2D eigenvalue weighted by atomic mass is 10.2. The summed E-state index contributed by atoms with van der Waals surface area (Å²) >= 11 is 0. The molecule has 0 radical (unpaired) electrons. The molecular weight excluding hydrogens is 254 g/mol. The largest absolute Gasteiger partial charge is 0.449 e. The summed E-state index contributed by atoms with van der Waals surface area (Å²) in [7, 11) is 0. The maximum atomic E-state index is 9.12. The van der Waals surface area contributed by atoms with Crippen LogP contribution >= 0.6 is 0 Å². The Labute approximate surface area is 114 Å². The van der Waals surface area contributed by atoms with Crippen LogP contribution in [0, 0.1) is 22.7 Å². The second-order valence-corrected chi connectivity index (χ2v) is 3.95. The van der Waals surface area contributed by atoms with Gasteiger partial charge in [-0.25, -0.2) is 0 Å². The molecule has 0 spiro atoms. The first-order chi connectivity index (χ1) is 9.83. The summed E-state index contributed by atoms with van der Waals surface area (Å²) in [5.74, 6) is 0.657. The molecule has 94 valence electrons. The summed E-state index contributed by atoms with van der Waals surface area (Å²) in [6, 6.07) is 12.7. The van der Waals surface area contributed by atoms with Gasteiger partial charge in [0.1, 0.15) is 17.7 Å². The topological polar surface area (TPSA) is 82.8 Å². The normalized spacial score (nSPS) is 9.90. The van der Waals surface area contributed by atoms with Crippen LogP contribution in [0.25, 0.3) is 11.0 Å². The molecule has 0 unspecified atom stereocenters. The third kappa shape index (κ3) is 1.84. The number of aromatic nitrogens is 1. The summed E-state index contributed by atoms with van der Waals surface area (Å²) in [6.07, 6.45) is 2.94. The number of benzene rings is 1. The average molecular weight is 261 g/mol. The molecule has 3 rings (SSSR count). The van der Waals surface area contributed by atoms with Crippen LogP contribution in [0.4, 0.5) is 0 Å². The lowest BCUT2D eigenvalue weighted by molar-refractivity contribution is 0.464. The molecule has 0 saturated heterocycles. The van der Waals surface area contributed by atoms with Gasteiger partial charge >= 0.3 is 0 Å². The highest BCUT2D eigenvalue weighted by atomic mass is 16.5. The lowest BCUT2D eigenvalue weighted by Gasteiger charge is -2.04. The SMILES string of the molecule is N#Cc1ccncc1Oc1c(C#N)oc2ccccc12. The van der Waals surface area contributed by atoms with E-state index in [1.54, 1.807) is 18.2 Å². The van der Waals surface area contributed by atoms with Gasteiger partial charge in [-0.05, 0) is 18.2 Å². The van der Waals surface area contributed by atoms with Gasteiger partial charge in [0.2, 0.25) is 5.76 Å². The molecule has 0 aliphatic rings. The molecule has 0 saturated carbocycles. The molecule has 0 amide bonds. The van der Waals surface area contributed by atoms with Gasteiger partial charge in [-0.3, -0.25) is 4.98 Å². The van der Waals surface area contributed by atoms with E-state index in [1.807, 2.05) is 24.3 Å². The number of para-hydroxylation sites is 1. The first-order valence-corrected chi connectivity index (χ1v) is 5.77. The van der Waals surface area contributed by atoms with Crippen molar-refractivity contribution < 1.29 is 9.15 Å². The van der Waals surface area contributed by atoms with E-state index in [0.29, 0.717) is 22.3 Å². The van der Waals surface area contributed by atoms with Gasteiger partial charge in [-0.15, -0.1) is 0 Å². The van der Waals surface area contributed by atoms with Crippen LogP contribution in [0.2, 0.25) is 0 Å². The molecule has 3 aromatic rings. The minimum absolute atomic E-state index is 0.0685. The maximum absolute atomic E-state index is 9.12. The number of pyridine rings is 1. The number of hydrogen-bond donors (Lipinski definition) is 0. The van der Waals surface area contributed by atoms with Gasteiger partial charge in [0.25, 0.3) is 0 Å². The number of nitriles is 2. The average Bonchev–Trinajstić information content (AvgIpc) is 2.86. The van der Waals surface area contributed by atoms with E-state index in [2.05, 4.69) is 4.98 Å². The third-order valence-corrected chi connectivity index (χ3v) is 2.77. The van der Waals surface area contributed by atoms with Gasteiger partial charge in [0.05, 0.1) is 17.1 Å². The van der Waals surface area contributed by atoms with E-state index in [4.69, 9.17) is 19.7 Å². The van der Waals surface area contributed by atoms with E-state index in [-0.39, 0.29) is 11.5 Å². The first kappa shape index (κ1) is 11.8. The second-order valence-electron chi connectivity index (χ2n) is 3.95. The second kappa shape index (κ2) is 4.75. The monoisotopic (exact) mass is 261 g/mol. The fraction of sp³-hybridized carbons (Fsp3) is 0. The Hall–Kier alpha value is -3.31. The van der Waals surface area contributed by atoms with Crippen molar-refractivity contribution >= 4 is 11.0 Å². The zero-order chi connectivity index (χ0) is 13.9. The highest BCUT2D eigenvalue weighted by molar-refractivity contribution is 5.86. The lowest BCUT2D eigenvalue weighted by Crippen LogP contribution is -1.90. The van der Waals surface area contributed by atoms with E-state index < -0.39 is 0 Å². The first-order valence-electron chi connectivity index (χ1n) is 5.77. The van der Waals surface area contributed by atoms with Gasteiger partial charge in [0, 0.05) is 6.20 Å². The zero-order valence-electron chi connectivity index (χ0n) is 10.2. The van der Waals surface area contributed by atoms with E-state index in [0.717, 1.165) is 0 Å². The zero-order valence-corrected chi connectivity index (χ0v) is 10.2. The van der Waals surface area contributed by atoms with E-state index in [9.17, 15) is 0 Å². The van der Waals surface area contributed by atoms with Gasteiger partial charge in [-0.1, -0.05) is 12.1 Å². The molecular formula is C15H7N3O2. The Morgan fingerprint density at radius 3 is 2.75 bits per heavy atom. The highest BCUT2D eigenvalue weighted by Gasteiger charge is 2.17. The molecule has 0 fully saturated rings. The van der Waals surface area contributed by atoms with Gasteiger partial charge in [0.15, 0.2) is 11.5 Å². The van der Waals surface area contributed by atoms with Crippen molar-refractivity contribution in [1.82, 2.24) is 4.98 Å². The molecule has 0 N–H and O–H groups in total. The molecule has 0 aliphatic carbocycles. The summed E-state index contributed by atoms with van der Waals surface area (Å²) < 4.78 is 11.1. The van der Waals surface area contributed by atoms with Crippen molar-refractivity contribution in [2.24, 2.45) is 0 Å². The maximum Gasteiger partial charge on any atom is 0.247 e. The molecule has 20 heavy (non-hydrogen) atoms. The van der Waals surface area contributed by atoms with Crippen molar-refractivity contribution in [2.75, 3.05) is 0 Å². The molecule has 0 aliphatic heterocycles. The number of hydrogen-bond acceptors (Lipinski definition) is 5. The Balaban J connectivity index is 2.16. The van der Waals surface area contributed by atoms with Crippen LogP contribution in [-0.4, -0.2) is 4.98 Å². The minimum atomic E-state index is 0.0685. The Morgan fingerprint density at radius 2 is 1.95 bits per heavy atom. The van der Waals surface area contributed by atoms with E-state index in [1.165, 1.54) is 12.4 Å². The summed E-state index contributed by atoms with van der Waals surface area (Å²) in [5.41, 5.74) is 0.899. The predicted octanol–water partition coefficient (Wildman–Crippen LogP) is 3.36. The number of furan rings is 1. The third-order valence-electron chi connectivity index (χ3n) is 2.77. The van der Waals surface area contributed by atoms with Crippen LogP contribution < -0.4 is 4.74 Å². The quantitative estimate of drug-likeness (QED) is 0.706. The van der Waals surface area contributed by atoms with Crippen LogP contribution in [-0.2, 0) is 0 Å². The van der Waals surface area contributed by atoms with Crippen LogP contribution in [0.15, 0.2) is 47.1 Å². The van der Waals surface area contributed by atoms with Crippen molar-refractivity contribution in [3.8, 4) is 23.6 Å². The molecule has 5 nitrogen and oxygen atoms in total. The van der Waals surface area contributed by atoms with Crippen LogP contribution in [0.1, 0.15) is 11.3 Å². The molecule has 1 aromatic carbocycles. The number of rotatable bonds is 2. The molecule has 0 bridgehead atoms. The Kier molecular flexibility index (Phi) is 2.80. The number of nitrogens with zero attached hydrogens (tertiary/aromatic N) is 3. The summed E-state index contributed by atoms with van der Waals surface area (Å²) in [5, 5.41) is 18.8. The predicted molar refractivity (Wildman–Crippen MR) is 70.0 cm³/mol. The van der Waals surface area contributed by atoms with Crippen molar-refractivity contribution in [2.45, 2.75) is 0 Å². The Morgan fingerprint density at radius 1 is 1.10 bits per heavy atom. The number of ether oxygens (including phenoxy) is 1. The fourth-order valence-electron chi connectivity index (χ4n) is 1.86. The molecule has 2 aromatic heterocycles. The van der Waals surface area contributed by atoms with Crippen LogP contribution in [0.3, 0.4) is 0 Å².